The Morgan fingerprint density at radius 2 is 1.92 bits per heavy atom. The summed E-state index contributed by atoms with van der Waals surface area (Å²) >= 11 is 0. The number of allylic oxidation sites excluding steroid dienone is 1. The maximum atomic E-state index is 8.36. The first-order valence-corrected chi connectivity index (χ1v) is 10.1. The zero-order chi connectivity index (χ0) is 18.0. The predicted octanol–water partition coefficient (Wildman–Crippen LogP) is 3.23. The minimum Gasteiger partial charge on any atom is -0.483 e. The molecule has 2 heterocycles. The average Bonchev–Trinajstić information content (AvgIpc) is 3.38. The van der Waals surface area contributed by atoms with Gasteiger partial charge in [0.25, 0.3) is 6.47 Å². The molecule has 3 fully saturated rings. The van der Waals surface area contributed by atoms with Crippen LogP contribution < -0.4 is 0 Å². The molecule has 1 saturated carbocycles. The van der Waals surface area contributed by atoms with Crippen molar-refractivity contribution in [3.63, 3.8) is 0 Å². The number of hydrogen-bond donors (Lipinski definition) is 1. The molecule has 1 aromatic carbocycles. The second-order valence-electron chi connectivity index (χ2n) is 8.35. The van der Waals surface area contributed by atoms with Crippen molar-refractivity contribution in [1.82, 2.24) is 9.80 Å². The number of nitrogens with zero attached hydrogens (tertiary/aromatic N) is 2. The van der Waals surface area contributed by atoms with E-state index in [-0.39, 0.29) is 6.47 Å². The highest BCUT2D eigenvalue weighted by Gasteiger charge is 2.39. The number of fused-ring (bicyclic) bond motifs is 4. The van der Waals surface area contributed by atoms with E-state index in [1.54, 1.807) is 5.56 Å². The Kier molecular flexibility index (Phi) is 5.14. The summed E-state index contributed by atoms with van der Waals surface area (Å²) < 4.78 is 0. The molecule has 2 aliphatic carbocycles. The highest BCUT2D eigenvalue weighted by molar-refractivity contribution is 5.65. The lowest BCUT2D eigenvalue weighted by molar-refractivity contribution is -0.122. The van der Waals surface area contributed by atoms with Crippen molar-refractivity contribution in [2.75, 3.05) is 32.7 Å². The van der Waals surface area contributed by atoms with Gasteiger partial charge in [-0.15, -0.1) is 0 Å². The molecule has 0 radical (unpaired) electrons. The lowest BCUT2D eigenvalue weighted by atomic mass is 9.74. The van der Waals surface area contributed by atoms with E-state index in [2.05, 4.69) is 46.2 Å². The van der Waals surface area contributed by atoms with Crippen molar-refractivity contribution in [3.05, 3.63) is 41.5 Å². The molecule has 1 N–H and O–H groups in total. The third kappa shape index (κ3) is 3.33. The summed E-state index contributed by atoms with van der Waals surface area (Å²) in [7, 11) is 0. The molecule has 5 rings (SSSR count). The average molecular weight is 354 g/mol. The normalized spacial score (nSPS) is 28.8. The van der Waals surface area contributed by atoms with Crippen molar-refractivity contribution in [1.29, 1.82) is 0 Å². The summed E-state index contributed by atoms with van der Waals surface area (Å²) in [6, 6.07) is 9.94. The molecule has 2 atom stereocenters. The fourth-order valence-electron chi connectivity index (χ4n) is 5.62. The van der Waals surface area contributed by atoms with Gasteiger partial charge in [-0.2, -0.15) is 0 Å². The van der Waals surface area contributed by atoms with Crippen LogP contribution in [0.15, 0.2) is 30.3 Å². The Hall–Kier alpha value is -1.65. The summed E-state index contributed by atoms with van der Waals surface area (Å²) in [6.45, 7) is 6.25. The van der Waals surface area contributed by atoms with Crippen molar-refractivity contribution in [3.8, 4) is 0 Å². The number of carbonyl (C=O) groups is 1. The van der Waals surface area contributed by atoms with Gasteiger partial charge >= 0.3 is 0 Å². The van der Waals surface area contributed by atoms with Gasteiger partial charge < -0.3 is 10.0 Å². The smallest absolute Gasteiger partial charge is 0.290 e. The van der Waals surface area contributed by atoms with Crippen LogP contribution >= 0.6 is 0 Å². The van der Waals surface area contributed by atoms with E-state index in [4.69, 9.17) is 9.90 Å². The second kappa shape index (κ2) is 7.53. The van der Waals surface area contributed by atoms with Crippen LogP contribution in [0.5, 0.6) is 0 Å². The molecular weight excluding hydrogens is 324 g/mol. The van der Waals surface area contributed by atoms with Gasteiger partial charge in [-0.1, -0.05) is 36.4 Å². The largest absolute Gasteiger partial charge is 0.483 e. The molecule has 2 bridgehead atoms. The number of hydrogen-bond acceptors (Lipinski definition) is 3. The minimum absolute atomic E-state index is 0.250. The molecule has 2 saturated heterocycles. The van der Waals surface area contributed by atoms with Gasteiger partial charge in [-0.25, -0.2) is 0 Å². The SMILES string of the molecule is C1=CC2(CCN(CCN3C[C@H]4CC[C@@H]3C4)CC2)c2ccccc21.O=CO. The van der Waals surface area contributed by atoms with Gasteiger partial charge in [-0.3, -0.25) is 9.69 Å². The van der Waals surface area contributed by atoms with Crippen LogP contribution in [0, 0.1) is 5.92 Å². The molecule has 2 aliphatic heterocycles. The molecule has 0 amide bonds. The first kappa shape index (κ1) is 17.7. The van der Waals surface area contributed by atoms with Crippen LogP contribution in [0.4, 0.5) is 0 Å². The molecular formula is C22H30N2O2. The molecule has 0 unspecified atom stereocenters. The van der Waals surface area contributed by atoms with Crippen molar-refractivity contribution < 1.29 is 9.90 Å². The van der Waals surface area contributed by atoms with Gasteiger partial charge in [0.15, 0.2) is 0 Å². The molecule has 26 heavy (non-hydrogen) atoms. The predicted molar refractivity (Wildman–Crippen MR) is 104 cm³/mol. The number of carboxylic acid groups (broad SMARTS) is 1. The highest BCUT2D eigenvalue weighted by atomic mass is 16.3. The van der Waals surface area contributed by atoms with Crippen LogP contribution in [-0.2, 0) is 10.2 Å². The maximum Gasteiger partial charge on any atom is 0.290 e. The van der Waals surface area contributed by atoms with Crippen molar-refractivity contribution in [2.45, 2.75) is 43.6 Å². The van der Waals surface area contributed by atoms with Gasteiger partial charge in [0, 0.05) is 31.1 Å². The van der Waals surface area contributed by atoms with E-state index in [0.29, 0.717) is 5.41 Å². The van der Waals surface area contributed by atoms with Crippen molar-refractivity contribution in [2.24, 2.45) is 5.92 Å². The summed E-state index contributed by atoms with van der Waals surface area (Å²) in [5.41, 5.74) is 3.38. The van der Waals surface area contributed by atoms with E-state index < -0.39 is 0 Å². The lowest BCUT2D eigenvalue weighted by Gasteiger charge is -2.40. The third-order valence-electron chi connectivity index (χ3n) is 7.05. The first-order chi connectivity index (χ1) is 12.7. The van der Waals surface area contributed by atoms with E-state index in [0.717, 1.165) is 12.0 Å². The van der Waals surface area contributed by atoms with Gasteiger partial charge in [0.2, 0.25) is 0 Å². The Bertz CT molecular complexity index is 664. The molecule has 1 aromatic rings. The Balaban J connectivity index is 0.000000527. The topological polar surface area (TPSA) is 43.8 Å². The van der Waals surface area contributed by atoms with Crippen LogP contribution in [0.2, 0.25) is 0 Å². The molecule has 4 aliphatic rings. The maximum absolute atomic E-state index is 8.36. The molecule has 1 spiro atoms. The zero-order valence-electron chi connectivity index (χ0n) is 15.5. The number of likely N-dealkylation sites (tertiary alicyclic amines) is 2. The Morgan fingerprint density at radius 1 is 1.15 bits per heavy atom. The van der Waals surface area contributed by atoms with E-state index in [1.165, 1.54) is 70.4 Å². The van der Waals surface area contributed by atoms with Crippen LogP contribution in [0.3, 0.4) is 0 Å². The second-order valence-corrected chi connectivity index (χ2v) is 8.35. The summed E-state index contributed by atoms with van der Waals surface area (Å²) in [4.78, 5) is 13.9. The monoisotopic (exact) mass is 354 g/mol. The van der Waals surface area contributed by atoms with Gasteiger partial charge in [0.1, 0.15) is 0 Å². The fraction of sp³-hybridized carbons (Fsp3) is 0.591. The zero-order valence-corrected chi connectivity index (χ0v) is 15.5. The quantitative estimate of drug-likeness (QED) is 0.847. The molecule has 4 heteroatoms. The molecule has 4 nitrogen and oxygen atoms in total. The number of piperidine rings is 2. The van der Waals surface area contributed by atoms with E-state index in [1.807, 2.05) is 0 Å². The fourth-order valence-corrected chi connectivity index (χ4v) is 5.62. The Labute approximate surface area is 156 Å². The van der Waals surface area contributed by atoms with E-state index in [9.17, 15) is 0 Å². The minimum atomic E-state index is -0.250. The third-order valence-corrected chi connectivity index (χ3v) is 7.05. The number of rotatable bonds is 3. The molecule has 0 aromatic heterocycles. The van der Waals surface area contributed by atoms with Crippen molar-refractivity contribution >= 4 is 12.5 Å². The standard InChI is InChI=1S/C21H28N2.CH2O2/c1-2-4-20-18(3-1)7-8-21(20)9-11-22(12-10-21)13-14-23-16-17-5-6-19(23)15-17;2-1-3/h1-4,7-8,17,19H,5-6,9-16H2;1H,(H,2,3)/t17-,19+;/m0./s1. The number of benzene rings is 1. The van der Waals surface area contributed by atoms with Crippen LogP contribution in [0.1, 0.15) is 43.2 Å². The van der Waals surface area contributed by atoms with Crippen LogP contribution in [-0.4, -0.2) is 60.1 Å². The van der Waals surface area contributed by atoms with Gasteiger partial charge in [0.05, 0.1) is 0 Å². The Morgan fingerprint density at radius 3 is 2.62 bits per heavy atom. The summed E-state index contributed by atoms with van der Waals surface area (Å²) in [6.07, 6.45) is 11.9. The summed E-state index contributed by atoms with van der Waals surface area (Å²) in [5.74, 6) is 1.03. The first-order valence-electron chi connectivity index (χ1n) is 10.1. The summed E-state index contributed by atoms with van der Waals surface area (Å²) in [5, 5.41) is 6.89. The highest BCUT2D eigenvalue weighted by Crippen LogP contribution is 2.43. The van der Waals surface area contributed by atoms with Crippen LogP contribution in [0.25, 0.3) is 6.08 Å². The lowest BCUT2D eigenvalue weighted by Crippen LogP contribution is -2.45. The van der Waals surface area contributed by atoms with Gasteiger partial charge in [-0.05, 0) is 62.2 Å². The molecule has 140 valence electrons. The van der Waals surface area contributed by atoms with E-state index >= 15 is 0 Å².